The molecule has 2 fully saturated rings. The number of hydrogen-bond donors (Lipinski definition) is 0. The van der Waals surface area contributed by atoms with E-state index in [1.807, 2.05) is 0 Å². The van der Waals surface area contributed by atoms with Crippen LogP contribution in [0, 0.1) is 23.7 Å². The van der Waals surface area contributed by atoms with Gasteiger partial charge in [0.05, 0.1) is 23.4 Å². The molecule has 2 aliphatic heterocycles. The van der Waals surface area contributed by atoms with Gasteiger partial charge in [-0.2, -0.15) is 0 Å². The predicted octanol–water partition coefficient (Wildman–Crippen LogP) is 10.0. The van der Waals surface area contributed by atoms with Crippen LogP contribution in [0.2, 0.25) is 0 Å². The van der Waals surface area contributed by atoms with Crippen LogP contribution >= 0.6 is 0 Å². The lowest BCUT2D eigenvalue weighted by Crippen LogP contribution is -2.15. The average molecular weight is 499 g/mol. The average Bonchev–Trinajstić information content (AvgIpc) is 3.69. The molecule has 2 aliphatic rings. The summed E-state index contributed by atoms with van der Waals surface area (Å²) in [6.45, 7) is 35.0. The first kappa shape index (κ1) is 31.1. The summed E-state index contributed by atoms with van der Waals surface area (Å²) in [4.78, 5) is 0. The van der Waals surface area contributed by atoms with E-state index < -0.39 is 0 Å². The Balaban J connectivity index is 1.62. The SMILES string of the molecule is C=C(C)[C@H](C)CCC(=C)[C@H](C)CC[C@]1(C)O[C@H]1CC[C@@H]1O[C@@]1(C)CC[C@@H](C)C(=C)CC[C@H](C)C(=C)C. The van der Waals surface area contributed by atoms with E-state index >= 15 is 0 Å². The number of epoxide rings is 2. The molecular weight excluding hydrogens is 440 g/mol. The number of allylic oxidation sites excluding steroid dienone is 4. The molecule has 2 heterocycles. The quantitative estimate of drug-likeness (QED) is 0.131. The molecule has 206 valence electrons. The molecule has 0 aromatic rings. The fourth-order valence-corrected chi connectivity index (χ4v) is 5.26. The summed E-state index contributed by atoms with van der Waals surface area (Å²) in [6, 6.07) is 0. The molecule has 0 bridgehead atoms. The van der Waals surface area contributed by atoms with Crippen molar-refractivity contribution < 1.29 is 9.47 Å². The van der Waals surface area contributed by atoms with Gasteiger partial charge in [-0.1, -0.05) is 76.3 Å². The Bertz CT molecular complexity index is 727. The lowest BCUT2D eigenvalue weighted by atomic mass is 9.86. The Kier molecular flexibility index (Phi) is 11.3. The predicted molar refractivity (Wildman–Crippen MR) is 157 cm³/mol. The molecule has 8 atom stereocenters. The minimum absolute atomic E-state index is 0.0536. The second-order valence-corrected chi connectivity index (χ2v) is 13.2. The molecule has 0 spiro atoms. The van der Waals surface area contributed by atoms with Gasteiger partial charge < -0.3 is 9.47 Å². The Morgan fingerprint density at radius 3 is 1.25 bits per heavy atom. The van der Waals surface area contributed by atoms with E-state index in [0.717, 1.165) is 64.2 Å². The van der Waals surface area contributed by atoms with Crippen LogP contribution in [0.3, 0.4) is 0 Å². The van der Waals surface area contributed by atoms with Crippen LogP contribution in [0.5, 0.6) is 0 Å². The van der Waals surface area contributed by atoms with Crippen LogP contribution < -0.4 is 0 Å². The summed E-state index contributed by atoms with van der Waals surface area (Å²) in [5.74, 6) is 2.27. The summed E-state index contributed by atoms with van der Waals surface area (Å²) >= 11 is 0. The zero-order valence-electron chi connectivity index (χ0n) is 25.2. The molecule has 2 heteroatoms. The Labute approximate surface area is 224 Å². The Hall–Kier alpha value is -1.12. The van der Waals surface area contributed by atoms with Gasteiger partial charge in [-0.15, -0.1) is 0 Å². The molecule has 0 radical (unpaired) electrons. The molecule has 2 saturated heterocycles. The molecule has 2 rings (SSSR count). The van der Waals surface area contributed by atoms with E-state index in [4.69, 9.17) is 9.47 Å². The van der Waals surface area contributed by atoms with E-state index in [2.05, 4.69) is 81.7 Å². The van der Waals surface area contributed by atoms with Gasteiger partial charge in [-0.05, 0) is 116 Å². The largest absolute Gasteiger partial charge is 0.366 e. The van der Waals surface area contributed by atoms with Gasteiger partial charge in [0.1, 0.15) is 0 Å². The zero-order valence-corrected chi connectivity index (χ0v) is 25.2. The molecule has 0 aromatic heterocycles. The highest BCUT2D eigenvalue weighted by Crippen LogP contribution is 2.49. The van der Waals surface area contributed by atoms with E-state index in [-0.39, 0.29) is 11.2 Å². The summed E-state index contributed by atoms with van der Waals surface area (Å²) in [6.07, 6.45) is 12.1. The second kappa shape index (κ2) is 13.1. The molecule has 0 amide bonds. The van der Waals surface area contributed by atoms with Crippen molar-refractivity contribution in [2.24, 2.45) is 23.7 Å². The highest BCUT2D eigenvalue weighted by molar-refractivity contribution is 5.08. The van der Waals surface area contributed by atoms with Crippen molar-refractivity contribution in [3.63, 3.8) is 0 Å². The summed E-state index contributed by atoms with van der Waals surface area (Å²) in [7, 11) is 0. The van der Waals surface area contributed by atoms with E-state index in [1.165, 1.54) is 22.3 Å². The zero-order chi connectivity index (χ0) is 27.3. The standard InChI is InChI=1S/C34H58O2/c1-23(2)25(5)13-15-27(7)29(9)19-21-33(11)31(35-33)17-18-32-34(12,36-32)22-20-30(10)28(8)16-14-26(6)24(3)4/h25-26,29-32H,1,3,7-8,13-22H2,2,4-6,9-12H3/t25-,26+,29-,30-,31+,32+,33+,34+/m1/s1. The lowest BCUT2D eigenvalue weighted by Gasteiger charge is -2.18. The van der Waals surface area contributed by atoms with Crippen LogP contribution in [0.4, 0.5) is 0 Å². The first-order valence-electron chi connectivity index (χ1n) is 14.7. The van der Waals surface area contributed by atoms with Crippen molar-refractivity contribution in [2.75, 3.05) is 0 Å². The molecule has 0 saturated carbocycles. The Morgan fingerprint density at radius 1 is 0.611 bits per heavy atom. The molecular formula is C34H58O2. The third-order valence-electron chi connectivity index (χ3n) is 9.78. The van der Waals surface area contributed by atoms with Crippen LogP contribution in [0.15, 0.2) is 48.6 Å². The minimum Gasteiger partial charge on any atom is -0.366 e. The first-order chi connectivity index (χ1) is 16.7. The highest BCUT2D eigenvalue weighted by Gasteiger charge is 2.55. The van der Waals surface area contributed by atoms with Gasteiger partial charge in [0.2, 0.25) is 0 Å². The maximum atomic E-state index is 6.19. The topological polar surface area (TPSA) is 25.1 Å². The van der Waals surface area contributed by atoms with Crippen molar-refractivity contribution in [3.8, 4) is 0 Å². The normalized spacial score (nSPS) is 30.2. The highest BCUT2D eigenvalue weighted by atomic mass is 16.6. The maximum Gasteiger partial charge on any atom is 0.0920 e. The van der Waals surface area contributed by atoms with Crippen LogP contribution in [0.1, 0.15) is 120 Å². The molecule has 0 N–H and O–H groups in total. The van der Waals surface area contributed by atoms with Gasteiger partial charge in [0.15, 0.2) is 0 Å². The lowest BCUT2D eigenvalue weighted by molar-refractivity contribution is 0.274. The fourth-order valence-electron chi connectivity index (χ4n) is 5.26. The van der Waals surface area contributed by atoms with E-state index in [1.54, 1.807) is 0 Å². The molecule has 2 nitrogen and oxygen atoms in total. The molecule has 36 heavy (non-hydrogen) atoms. The van der Waals surface area contributed by atoms with Crippen LogP contribution in [-0.4, -0.2) is 23.4 Å². The molecule has 0 unspecified atom stereocenters. The first-order valence-corrected chi connectivity index (χ1v) is 14.7. The van der Waals surface area contributed by atoms with Crippen molar-refractivity contribution in [1.29, 1.82) is 0 Å². The monoisotopic (exact) mass is 498 g/mol. The Morgan fingerprint density at radius 2 is 0.944 bits per heavy atom. The molecule has 0 aliphatic carbocycles. The third kappa shape index (κ3) is 9.32. The second-order valence-electron chi connectivity index (χ2n) is 13.2. The van der Waals surface area contributed by atoms with Crippen molar-refractivity contribution in [1.82, 2.24) is 0 Å². The fraction of sp³-hybridized carbons (Fsp3) is 0.765. The smallest absolute Gasteiger partial charge is 0.0920 e. The maximum absolute atomic E-state index is 6.19. The molecule has 0 aromatic carbocycles. The van der Waals surface area contributed by atoms with Gasteiger partial charge in [0, 0.05) is 0 Å². The summed E-state index contributed by atoms with van der Waals surface area (Å²) < 4.78 is 12.4. The summed E-state index contributed by atoms with van der Waals surface area (Å²) in [5.41, 5.74) is 5.42. The number of rotatable bonds is 19. The summed E-state index contributed by atoms with van der Waals surface area (Å²) in [5, 5.41) is 0. The van der Waals surface area contributed by atoms with Gasteiger partial charge in [0.25, 0.3) is 0 Å². The minimum atomic E-state index is 0.0536. The van der Waals surface area contributed by atoms with Crippen molar-refractivity contribution in [3.05, 3.63) is 48.6 Å². The third-order valence-corrected chi connectivity index (χ3v) is 9.78. The van der Waals surface area contributed by atoms with E-state index in [0.29, 0.717) is 35.9 Å². The van der Waals surface area contributed by atoms with Gasteiger partial charge in [-0.25, -0.2) is 0 Å². The van der Waals surface area contributed by atoms with Gasteiger partial charge in [-0.3, -0.25) is 0 Å². The van der Waals surface area contributed by atoms with Crippen LogP contribution in [-0.2, 0) is 9.47 Å². The van der Waals surface area contributed by atoms with E-state index in [9.17, 15) is 0 Å². The number of ether oxygens (including phenoxy) is 2. The van der Waals surface area contributed by atoms with Crippen LogP contribution in [0.25, 0.3) is 0 Å². The van der Waals surface area contributed by atoms with Crippen molar-refractivity contribution >= 4 is 0 Å². The van der Waals surface area contributed by atoms with Crippen molar-refractivity contribution in [2.45, 2.75) is 143 Å². The number of hydrogen-bond acceptors (Lipinski definition) is 2. The van der Waals surface area contributed by atoms with Gasteiger partial charge >= 0.3 is 0 Å².